The van der Waals surface area contributed by atoms with Crippen LogP contribution in [0.25, 0.3) is 0 Å². The lowest BCUT2D eigenvalue weighted by Crippen LogP contribution is -2.25. The second kappa shape index (κ2) is 6.65. The summed E-state index contributed by atoms with van der Waals surface area (Å²) in [4.78, 5) is 12.4. The van der Waals surface area contributed by atoms with Gasteiger partial charge in [0.25, 0.3) is 0 Å². The van der Waals surface area contributed by atoms with Crippen molar-refractivity contribution in [2.24, 2.45) is 5.10 Å². The lowest BCUT2D eigenvalue weighted by Gasteiger charge is -2.11. The molecule has 23 heavy (non-hydrogen) atoms. The summed E-state index contributed by atoms with van der Waals surface area (Å²) < 4.78 is 5.19. The van der Waals surface area contributed by atoms with Crippen LogP contribution in [0.4, 0.5) is 0 Å². The van der Waals surface area contributed by atoms with Gasteiger partial charge in [-0.15, -0.1) is 0 Å². The number of carbonyl (C=O) groups is 1. The van der Waals surface area contributed by atoms with Crippen molar-refractivity contribution < 1.29 is 9.53 Å². The van der Waals surface area contributed by atoms with Crippen molar-refractivity contribution >= 4 is 11.6 Å². The van der Waals surface area contributed by atoms with Gasteiger partial charge in [0, 0.05) is 6.42 Å². The van der Waals surface area contributed by atoms with Crippen LogP contribution >= 0.6 is 0 Å². The Labute approximate surface area is 136 Å². The van der Waals surface area contributed by atoms with Crippen molar-refractivity contribution in [3.8, 4) is 5.75 Å². The summed E-state index contributed by atoms with van der Waals surface area (Å²) >= 11 is 0. The van der Waals surface area contributed by atoms with Crippen LogP contribution in [0.2, 0.25) is 0 Å². The summed E-state index contributed by atoms with van der Waals surface area (Å²) in [6.45, 7) is 2.70. The first-order valence-electron chi connectivity index (χ1n) is 7.73. The number of amides is 1. The number of rotatable bonds is 4. The van der Waals surface area contributed by atoms with Gasteiger partial charge >= 0.3 is 0 Å². The molecule has 0 unspecified atom stereocenters. The van der Waals surface area contributed by atoms with E-state index in [0.29, 0.717) is 13.0 Å². The molecular formula is C19H20N2O2. The van der Waals surface area contributed by atoms with Gasteiger partial charge in [0.1, 0.15) is 5.75 Å². The van der Waals surface area contributed by atoms with Gasteiger partial charge in [0.15, 0.2) is 0 Å². The van der Waals surface area contributed by atoms with Crippen LogP contribution in [0, 0.1) is 6.92 Å². The average molecular weight is 308 g/mol. The van der Waals surface area contributed by atoms with Gasteiger partial charge < -0.3 is 4.74 Å². The third-order valence-corrected chi connectivity index (χ3v) is 3.96. The predicted octanol–water partition coefficient (Wildman–Crippen LogP) is 3.18. The van der Waals surface area contributed by atoms with E-state index in [-0.39, 0.29) is 5.91 Å². The molecule has 0 bridgehead atoms. The molecule has 1 heterocycles. The Hall–Kier alpha value is -2.62. The van der Waals surface area contributed by atoms with E-state index in [0.717, 1.165) is 29.0 Å². The zero-order chi connectivity index (χ0) is 16.2. The molecule has 1 aliphatic rings. The number of aryl methyl sites for hydroxylation is 1. The highest BCUT2D eigenvalue weighted by Gasteiger charge is 2.21. The number of hydrogen-bond donors (Lipinski definition) is 0. The topological polar surface area (TPSA) is 41.9 Å². The van der Waals surface area contributed by atoms with Gasteiger partial charge in [-0.05, 0) is 30.2 Å². The number of ether oxygens (including phenoxy) is 1. The first-order chi connectivity index (χ1) is 11.2. The number of nitrogens with zero attached hydrogens (tertiary/aromatic N) is 2. The summed E-state index contributed by atoms with van der Waals surface area (Å²) in [6.07, 6.45) is 1.13. The molecule has 0 spiro atoms. The maximum absolute atomic E-state index is 12.4. The molecule has 2 aromatic rings. The van der Waals surface area contributed by atoms with E-state index >= 15 is 0 Å². The normalized spacial score (nSPS) is 13.8. The van der Waals surface area contributed by atoms with Crippen LogP contribution in [-0.2, 0) is 11.2 Å². The fraction of sp³-hybridized carbons (Fsp3) is 0.263. The van der Waals surface area contributed by atoms with E-state index in [9.17, 15) is 4.79 Å². The van der Waals surface area contributed by atoms with E-state index in [1.807, 2.05) is 24.3 Å². The van der Waals surface area contributed by atoms with Crippen molar-refractivity contribution in [1.82, 2.24) is 5.01 Å². The zero-order valence-corrected chi connectivity index (χ0v) is 13.5. The van der Waals surface area contributed by atoms with Gasteiger partial charge in [-0.3, -0.25) is 4.79 Å². The molecule has 4 heteroatoms. The van der Waals surface area contributed by atoms with Crippen molar-refractivity contribution in [2.45, 2.75) is 19.8 Å². The summed E-state index contributed by atoms with van der Waals surface area (Å²) in [5.41, 5.74) is 4.22. The Morgan fingerprint density at radius 2 is 2.00 bits per heavy atom. The summed E-state index contributed by atoms with van der Waals surface area (Å²) in [6, 6.07) is 15.8. The number of hydrazone groups is 1. The molecule has 1 aliphatic heterocycles. The fourth-order valence-electron chi connectivity index (χ4n) is 2.63. The highest BCUT2D eigenvalue weighted by molar-refractivity contribution is 6.02. The molecule has 0 saturated carbocycles. The van der Waals surface area contributed by atoms with Gasteiger partial charge in [0.05, 0.1) is 25.8 Å². The third kappa shape index (κ3) is 3.59. The quantitative estimate of drug-likeness (QED) is 0.870. The molecule has 3 rings (SSSR count). The summed E-state index contributed by atoms with van der Waals surface area (Å²) in [7, 11) is 1.62. The molecule has 0 aliphatic carbocycles. The van der Waals surface area contributed by atoms with E-state index < -0.39 is 0 Å². The minimum atomic E-state index is 0.0142. The highest BCUT2D eigenvalue weighted by atomic mass is 16.5. The van der Waals surface area contributed by atoms with Crippen LogP contribution in [0.1, 0.15) is 23.1 Å². The van der Waals surface area contributed by atoms with E-state index in [1.165, 1.54) is 5.56 Å². The highest BCUT2D eigenvalue weighted by Crippen LogP contribution is 2.17. The van der Waals surface area contributed by atoms with Gasteiger partial charge in [-0.2, -0.15) is 5.10 Å². The molecule has 0 atom stereocenters. The molecule has 2 aromatic carbocycles. The first-order valence-corrected chi connectivity index (χ1v) is 7.73. The Kier molecular flexibility index (Phi) is 4.42. The minimum absolute atomic E-state index is 0.0142. The van der Waals surface area contributed by atoms with Crippen molar-refractivity contribution in [3.63, 3.8) is 0 Å². The Morgan fingerprint density at radius 3 is 2.74 bits per heavy atom. The smallest absolute Gasteiger partial charge is 0.247 e. The Balaban J connectivity index is 1.70. The monoisotopic (exact) mass is 308 g/mol. The average Bonchev–Trinajstić information content (AvgIpc) is 3.06. The molecule has 0 aromatic heterocycles. The number of carbonyl (C=O) groups excluding carboxylic acids is 1. The molecule has 4 nitrogen and oxygen atoms in total. The van der Waals surface area contributed by atoms with E-state index in [1.54, 1.807) is 12.1 Å². The van der Waals surface area contributed by atoms with Gasteiger partial charge in [-0.1, -0.05) is 42.0 Å². The second-order valence-corrected chi connectivity index (χ2v) is 5.71. The molecular weight excluding hydrogens is 288 g/mol. The van der Waals surface area contributed by atoms with Crippen LogP contribution in [0.3, 0.4) is 0 Å². The fourth-order valence-corrected chi connectivity index (χ4v) is 2.63. The molecule has 0 fully saturated rings. The largest absolute Gasteiger partial charge is 0.497 e. The maximum atomic E-state index is 12.4. The van der Waals surface area contributed by atoms with Crippen molar-refractivity contribution in [2.75, 3.05) is 13.7 Å². The first kappa shape index (κ1) is 15.3. The van der Waals surface area contributed by atoms with Crippen LogP contribution in [0.5, 0.6) is 5.75 Å². The standard InChI is InChI=1S/C19H20N2O2/c1-14-6-8-16(9-7-14)18-10-11-21(20-18)19(22)13-15-4-3-5-17(12-15)23-2/h3-9,12H,10-11,13H2,1-2H3. The second-order valence-electron chi connectivity index (χ2n) is 5.71. The SMILES string of the molecule is COc1cccc(CC(=O)N2CCC(c3ccc(C)cc3)=N2)c1. The Bertz CT molecular complexity index is 735. The maximum Gasteiger partial charge on any atom is 0.247 e. The molecule has 0 saturated heterocycles. The summed E-state index contributed by atoms with van der Waals surface area (Å²) in [5.74, 6) is 0.779. The number of benzene rings is 2. The predicted molar refractivity (Wildman–Crippen MR) is 90.7 cm³/mol. The van der Waals surface area contributed by atoms with Crippen molar-refractivity contribution in [1.29, 1.82) is 0 Å². The van der Waals surface area contributed by atoms with Gasteiger partial charge in [0.2, 0.25) is 5.91 Å². The van der Waals surface area contributed by atoms with E-state index in [2.05, 4.69) is 36.3 Å². The summed E-state index contributed by atoms with van der Waals surface area (Å²) in [5, 5.41) is 6.07. The molecule has 0 N–H and O–H groups in total. The lowest BCUT2D eigenvalue weighted by molar-refractivity contribution is -0.130. The molecule has 1 amide bonds. The van der Waals surface area contributed by atoms with Crippen molar-refractivity contribution in [3.05, 3.63) is 65.2 Å². The Morgan fingerprint density at radius 1 is 1.22 bits per heavy atom. The minimum Gasteiger partial charge on any atom is -0.497 e. The number of methoxy groups -OCH3 is 1. The number of hydrogen-bond acceptors (Lipinski definition) is 3. The third-order valence-electron chi connectivity index (χ3n) is 3.96. The molecule has 118 valence electrons. The molecule has 0 radical (unpaired) electrons. The van der Waals surface area contributed by atoms with E-state index in [4.69, 9.17) is 4.74 Å². The van der Waals surface area contributed by atoms with Crippen LogP contribution in [0.15, 0.2) is 53.6 Å². The van der Waals surface area contributed by atoms with Gasteiger partial charge in [-0.25, -0.2) is 5.01 Å². The van der Waals surface area contributed by atoms with Crippen LogP contribution in [-0.4, -0.2) is 30.3 Å². The zero-order valence-electron chi connectivity index (χ0n) is 13.5. The lowest BCUT2D eigenvalue weighted by atomic mass is 10.1. The van der Waals surface area contributed by atoms with Crippen LogP contribution < -0.4 is 4.74 Å².